The molecule has 0 bridgehead atoms. The van der Waals surface area contributed by atoms with Crippen LogP contribution in [0.15, 0.2) is 30.6 Å². The molecule has 0 unspecified atom stereocenters. The van der Waals surface area contributed by atoms with E-state index < -0.39 is 11.7 Å². The summed E-state index contributed by atoms with van der Waals surface area (Å²) in [6, 6.07) is 8.24. The Hall–Kier alpha value is -2.80. The molecule has 100 valence electrons. The molecule has 7 heteroatoms. The van der Waals surface area contributed by atoms with Crippen molar-refractivity contribution in [2.24, 2.45) is 0 Å². The second-order valence-corrected chi connectivity index (χ2v) is 3.99. The lowest BCUT2D eigenvalue weighted by atomic mass is 10.1. The monoisotopic (exact) mass is 276 g/mol. The van der Waals surface area contributed by atoms with Gasteiger partial charge in [0.2, 0.25) is 0 Å². The molecule has 0 spiro atoms. The van der Waals surface area contributed by atoms with Crippen molar-refractivity contribution >= 4 is 0 Å². The average molecular weight is 276 g/mol. The topological polar surface area (TPSA) is 65.4 Å². The third kappa shape index (κ3) is 2.62. The number of alkyl halides is 3. The van der Waals surface area contributed by atoms with Crippen molar-refractivity contribution in [2.45, 2.75) is 12.7 Å². The molecular formula is C13H7F3N4. The van der Waals surface area contributed by atoms with Gasteiger partial charge in [0.05, 0.1) is 11.9 Å². The molecule has 0 amide bonds. The van der Waals surface area contributed by atoms with Crippen LogP contribution in [0.2, 0.25) is 0 Å². The van der Waals surface area contributed by atoms with Crippen LogP contribution in [-0.4, -0.2) is 9.55 Å². The van der Waals surface area contributed by atoms with Gasteiger partial charge >= 0.3 is 6.18 Å². The predicted octanol–water partition coefficient (Wildman–Crippen LogP) is 2.69. The zero-order valence-electron chi connectivity index (χ0n) is 10.0. The first-order valence-corrected chi connectivity index (χ1v) is 5.47. The van der Waals surface area contributed by atoms with Gasteiger partial charge in [0.25, 0.3) is 0 Å². The van der Waals surface area contributed by atoms with Gasteiger partial charge in [0.15, 0.2) is 11.4 Å². The summed E-state index contributed by atoms with van der Waals surface area (Å²) in [5.74, 6) is 0. The Balaban J connectivity index is 2.26. The minimum absolute atomic E-state index is 0.000545. The Labute approximate surface area is 112 Å². The lowest BCUT2D eigenvalue weighted by Crippen LogP contribution is -2.06. The number of hydrogen-bond acceptors (Lipinski definition) is 3. The molecular weight excluding hydrogens is 269 g/mol. The predicted molar refractivity (Wildman–Crippen MR) is 62.2 cm³/mol. The van der Waals surface area contributed by atoms with Crippen molar-refractivity contribution in [1.82, 2.24) is 9.55 Å². The maximum Gasteiger partial charge on any atom is 0.416 e. The van der Waals surface area contributed by atoms with Crippen LogP contribution in [0.25, 0.3) is 0 Å². The molecule has 0 aliphatic heterocycles. The number of aromatic nitrogens is 2. The lowest BCUT2D eigenvalue weighted by Gasteiger charge is -2.08. The summed E-state index contributed by atoms with van der Waals surface area (Å²) in [5.41, 5.74) is -0.0618. The first-order chi connectivity index (χ1) is 9.45. The number of halogens is 3. The lowest BCUT2D eigenvalue weighted by molar-refractivity contribution is -0.137. The molecule has 1 aromatic heterocycles. The Morgan fingerprint density at radius 3 is 2.25 bits per heavy atom. The average Bonchev–Trinajstić information content (AvgIpc) is 2.80. The van der Waals surface area contributed by atoms with Crippen molar-refractivity contribution in [3.8, 4) is 12.1 Å². The molecule has 0 radical (unpaired) electrons. The van der Waals surface area contributed by atoms with Crippen LogP contribution in [0.3, 0.4) is 0 Å². The highest BCUT2D eigenvalue weighted by atomic mass is 19.4. The van der Waals surface area contributed by atoms with E-state index in [4.69, 9.17) is 10.5 Å². The normalized spacial score (nSPS) is 10.8. The Kier molecular flexibility index (Phi) is 3.45. The zero-order chi connectivity index (χ0) is 14.8. The van der Waals surface area contributed by atoms with E-state index in [-0.39, 0.29) is 17.9 Å². The first-order valence-electron chi connectivity index (χ1n) is 5.47. The van der Waals surface area contributed by atoms with Gasteiger partial charge in [0, 0.05) is 6.54 Å². The van der Waals surface area contributed by atoms with Gasteiger partial charge < -0.3 is 4.57 Å². The second kappa shape index (κ2) is 5.06. The standard InChI is InChI=1S/C13H7F3N4/c14-13(15,16)10-3-1-9(2-4-10)7-20-8-19-11(5-17)12(20)6-18/h1-4,8H,7H2. The van der Waals surface area contributed by atoms with E-state index in [2.05, 4.69) is 4.98 Å². The van der Waals surface area contributed by atoms with E-state index in [1.807, 2.05) is 6.07 Å². The fraction of sp³-hybridized carbons (Fsp3) is 0.154. The van der Waals surface area contributed by atoms with Crippen LogP contribution in [0, 0.1) is 22.7 Å². The highest BCUT2D eigenvalue weighted by molar-refractivity contribution is 5.37. The summed E-state index contributed by atoms with van der Waals surface area (Å²) in [7, 11) is 0. The molecule has 2 aromatic rings. The van der Waals surface area contributed by atoms with Crippen molar-refractivity contribution in [1.29, 1.82) is 10.5 Å². The summed E-state index contributed by atoms with van der Waals surface area (Å²) < 4.78 is 38.7. The highest BCUT2D eigenvalue weighted by Crippen LogP contribution is 2.29. The third-order valence-corrected chi connectivity index (χ3v) is 2.68. The zero-order valence-corrected chi connectivity index (χ0v) is 10.0. The minimum atomic E-state index is -4.38. The van der Waals surface area contributed by atoms with Crippen LogP contribution in [0.4, 0.5) is 13.2 Å². The Bertz CT molecular complexity index is 699. The SMILES string of the molecule is N#Cc1ncn(Cc2ccc(C(F)(F)F)cc2)c1C#N. The van der Waals surface area contributed by atoms with Crippen LogP contribution in [0.1, 0.15) is 22.5 Å². The Morgan fingerprint density at radius 2 is 1.75 bits per heavy atom. The van der Waals surface area contributed by atoms with Gasteiger partial charge in [-0.2, -0.15) is 23.7 Å². The van der Waals surface area contributed by atoms with Crippen molar-refractivity contribution in [3.05, 3.63) is 53.1 Å². The third-order valence-electron chi connectivity index (χ3n) is 2.68. The fourth-order valence-corrected chi connectivity index (χ4v) is 1.70. The van der Waals surface area contributed by atoms with Gasteiger partial charge in [-0.05, 0) is 17.7 Å². The number of benzene rings is 1. The van der Waals surface area contributed by atoms with Gasteiger partial charge in [-0.15, -0.1) is 0 Å². The van der Waals surface area contributed by atoms with Gasteiger partial charge in [0.1, 0.15) is 12.1 Å². The molecule has 0 aliphatic rings. The van der Waals surface area contributed by atoms with Crippen LogP contribution in [0.5, 0.6) is 0 Å². The van der Waals surface area contributed by atoms with E-state index >= 15 is 0 Å². The molecule has 20 heavy (non-hydrogen) atoms. The molecule has 2 rings (SSSR count). The summed E-state index contributed by atoms with van der Waals surface area (Å²) in [5, 5.41) is 17.7. The number of nitriles is 2. The molecule has 0 saturated heterocycles. The molecule has 0 atom stereocenters. The Morgan fingerprint density at radius 1 is 1.10 bits per heavy atom. The molecule has 1 aromatic carbocycles. The van der Waals surface area contributed by atoms with Gasteiger partial charge in [-0.3, -0.25) is 0 Å². The van der Waals surface area contributed by atoms with Crippen molar-refractivity contribution in [2.75, 3.05) is 0 Å². The summed E-state index contributed by atoms with van der Waals surface area (Å²) in [6.45, 7) is 0.176. The maximum absolute atomic E-state index is 12.4. The van der Waals surface area contributed by atoms with Crippen molar-refractivity contribution < 1.29 is 13.2 Å². The molecule has 0 aliphatic carbocycles. The number of nitrogens with zero attached hydrogens (tertiary/aromatic N) is 4. The second-order valence-electron chi connectivity index (χ2n) is 3.99. The van der Waals surface area contributed by atoms with E-state index in [1.165, 1.54) is 23.0 Å². The summed E-state index contributed by atoms with van der Waals surface area (Å²) in [4.78, 5) is 3.76. The minimum Gasteiger partial charge on any atom is -0.317 e. The van der Waals surface area contributed by atoms with Crippen LogP contribution >= 0.6 is 0 Å². The van der Waals surface area contributed by atoms with E-state index in [0.717, 1.165) is 12.1 Å². The summed E-state index contributed by atoms with van der Waals surface area (Å²) >= 11 is 0. The number of imidazole rings is 1. The fourth-order valence-electron chi connectivity index (χ4n) is 1.70. The van der Waals surface area contributed by atoms with Crippen LogP contribution in [-0.2, 0) is 12.7 Å². The highest BCUT2D eigenvalue weighted by Gasteiger charge is 2.29. The molecule has 0 N–H and O–H groups in total. The quantitative estimate of drug-likeness (QED) is 0.847. The van der Waals surface area contributed by atoms with Crippen LogP contribution < -0.4 is 0 Å². The number of rotatable bonds is 2. The molecule has 4 nitrogen and oxygen atoms in total. The molecule has 1 heterocycles. The molecule has 0 fully saturated rings. The largest absolute Gasteiger partial charge is 0.416 e. The van der Waals surface area contributed by atoms with E-state index in [9.17, 15) is 13.2 Å². The first kappa shape index (κ1) is 13.6. The van der Waals surface area contributed by atoms with Gasteiger partial charge in [-0.25, -0.2) is 4.98 Å². The van der Waals surface area contributed by atoms with E-state index in [0.29, 0.717) is 5.56 Å². The van der Waals surface area contributed by atoms with Crippen molar-refractivity contribution in [3.63, 3.8) is 0 Å². The summed E-state index contributed by atoms with van der Waals surface area (Å²) in [6.07, 6.45) is -3.06. The van der Waals surface area contributed by atoms with Gasteiger partial charge in [-0.1, -0.05) is 12.1 Å². The molecule has 0 saturated carbocycles. The number of hydrogen-bond donors (Lipinski definition) is 0. The smallest absolute Gasteiger partial charge is 0.317 e. The van der Waals surface area contributed by atoms with E-state index in [1.54, 1.807) is 6.07 Å². The maximum atomic E-state index is 12.4.